The summed E-state index contributed by atoms with van der Waals surface area (Å²) in [5.41, 5.74) is 6.53. The van der Waals surface area contributed by atoms with Crippen molar-refractivity contribution in [3.63, 3.8) is 0 Å². The van der Waals surface area contributed by atoms with Crippen molar-refractivity contribution in [3.05, 3.63) is 42.5 Å². The molecule has 0 radical (unpaired) electrons. The third-order valence-electron chi connectivity index (χ3n) is 2.60. The van der Waals surface area contributed by atoms with Gasteiger partial charge in [0.2, 0.25) is 5.91 Å². The normalized spacial score (nSPS) is 12.1. The number of nitrogens with two attached hydrogens (primary N) is 1. The first-order valence-corrected chi connectivity index (χ1v) is 6.13. The van der Waals surface area contributed by atoms with E-state index in [1.807, 2.05) is 34.9 Å². The Bertz CT molecular complexity index is 535. The average molecular weight is 259 g/mol. The van der Waals surface area contributed by atoms with Crippen LogP contribution in [0.1, 0.15) is 19.2 Å². The zero-order valence-electron chi connectivity index (χ0n) is 10.8. The van der Waals surface area contributed by atoms with Crippen molar-refractivity contribution < 1.29 is 4.79 Å². The summed E-state index contributed by atoms with van der Waals surface area (Å²) in [5, 5.41) is 10.7. The van der Waals surface area contributed by atoms with Gasteiger partial charge < -0.3 is 11.1 Å². The number of carbonyl (C=O) groups excluding carboxylic acids is 1. The standard InChI is InChI=1S/C13H17N5O/c1-10(14)7-13(19)15-8-12-17-16-9-18(12)11-5-3-2-4-6-11/h2-6,9-10H,7-8,14H2,1H3,(H,15,19). The molecule has 2 aromatic rings. The molecule has 19 heavy (non-hydrogen) atoms. The van der Waals surface area contributed by atoms with Crippen molar-refractivity contribution in [2.75, 3.05) is 0 Å². The molecule has 0 saturated heterocycles. The van der Waals surface area contributed by atoms with E-state index in [1.54, 1.807) is 13.3 Å². The lowest BCUT2D eigenvalue weighted by Crippen LogP contribution is -2.30. The number of carbonyl (C=O) groups is 1. The molecule has 1 amide bonds. The molecule has 1 atom stereocenters. The van der Waals surface area contributed by atoms with E-state index < -0.39 is 0 Å². The Hall–Kier alpha value is -2.21. The molecule has 1 aromatic carbocycles. The molecule has 0 fully saturated rings. The summed E-state index contributed by atoms with van der Waals surface area (Å²) in [6.07, 6.45) is 1.93. The minimum atomic E-state index is -0.146. The van der Waals surface area contributed by atoms with Gasteiger partial charge in [-0.15, -0.1) is 10.2 Å². The zero-order chi connectivity index (χ0) is 13.7. The maximum atomic E-state index is 11.5. The van der Waals surface area contributed by atoms with Crippen LogP contribution in [0.2, 0.25) is 0 Å². The second-order valence-electron chi connectivity index (χ2n) is 4.41. The number of amides is 1. The van der Waals surface area contributed by atoms with Crippen LogP contribution < -0.4 is 11.1 Å². The Morgan fingerprint density at radius 2 is 2.16 bits per heavy atom. The summed E-state index contributed by atoms with van der Waals surface area (Å²) in [5.74, 6) is 0.599. The Morgan fingerprint density at radius 3 is 2.84 bits per heavy atom. The van der Waals surface area contributed by atoms with Crippen molar-refractivity contribution in [2.24, 2.45) is 5.73 Å². The monoisotopic (exact) mass is 259 g/mol. The fourth-order valence-electron chi connectivity index (χ4n) is 1.73. The van der Waals surface area contributed by atoms with E-state index in [2.05, 4.69) is 15.5 Å². The fourth-order valence-corrected chi connectivity index (χ4v) is 1.73. The van der Waals surface area contributed by atoms with Crippen LogP contribution in [0, 0.1) is 0 Å². The van der Waals surface area contributed by atoms with E-state index in [9.17, 15) is 4.79 Å². The molecule has 0 aliphatic rings. The molecule has 1 heterocycles. The van der Waals surface area contributed by atoms with Gasteiger partial charge >= 0.3 is 0 Å². The number of nitrogens with one attached hydrogen (secondary N) is 1. The molecule has 0 saturated carbocycles. The van der Waals surface area contributed by atoms with E-state index in [4.69, 9.17) is 5.73 Å². The molecular weight excluding hydrogens is 242 g/mol. The first-order chi connectivity index (χ1) is 9.16. The van der Waals surface area contributed by atoms with Gasteiger partial charge in [0.15, 0.2) is 5.82 Å². The highest BCUT2D eigenvalue weighted by Gasteiger charge is 2.09. The van der Waals surface area contributed by atoms with Crippen LogP contribution in [0.5, 0.6) is 0 Å². The molecule has 3 N–H and O–H groups in total. The lowest BCUT2D eigenvalue weighted by atomic mass is 10.2. The molecule has 6 nitrogen and oxygen atoms in total. The summed E-state index contributed by atoms with van der Waals surface area (Å²) in [6.45, 7) is 2.13. The maximum absolute atomic E-state index is 11.5. The zero-order valence-corrected chi connectivity index (χ0v) is 10.8. The molecule has 6 heteroatoms. The van der Waals surface area contributed by atoms with E-state index in [0.717, 1.165) is 5.69 Å². The van der Waals surface area contributed by atoms with Crippen molar-refractivity contribution in [1.82, 2.24) is 20.1 Å². The van der Waals surface area contributed by atoms with Gasteiger partial charge in [0.25, 0.3) is 0 Å². The van der Waals surface area contributed by atoms with Crippen molar-refractivity contribution in [3.8, 4) is 5.69 Å². The lowest BCUT2D eigenvalue weighted by Gasteiger charge is -2.08. The molecule has 2 rings (SSSR count). The smallest absolute Gasteiger partial charge is 0.221 e. The molecule has 0 aliphatic carbocycles. The number of nitrogens with zero attached hydrogens (tertiary/aromatic N) is 3. The summed E-state index contributed by atoms with van der Waals surface area (Å²) in [7, 11) is 0. The van der Waals surface area contributed by atoms with Crippen LogP contribution in [0.25, 0.3) is 5.69 Å². The van der Waals surface area contributed by atoms with Crippen molar-refractivity contribution in [1.29, 1.82) is 0 Å². The first-order valence-electron chi connectivity index (χ1n) is 6.13. The number of hydrogen-bond acceptors (Lipinski definition) is 4. The first kappa shape index (κ1) is 13.2. The second-order valence-corrected chi connectivity index (χ2v) is 4.41. The number of hydrogen-bond donors (Lipinski definition) is 2. The SMILES string of the molecule is CC(N)CC(=O)NCc1nncn1-c1ccccc1. The van der Waals surface area contributed by atoms with E-state index in [0.29, 0.717) is 18.8 Å². The summed E-state index contributed by atoms with van der Waals surface area (Å²) in [6, 6.07) is 9.58. The van der Waals surface area contributed by atoms with E-state index >= 15 is 0 Å². The van der Waals surface area contributed by atoms with Crippen LogP contribution in [0.3, 0.4) is 0 Å². The fraction of sp³-hybridized carbons (Fsp3) is 0.308. The minimum Gasteiger partial charge on any atom is -0.349 e. The minimum absolute atomic E-state index is 0.0855. The third-order valence-corrected chi connectivity index (χ3v) is 2.60. The van der Waals surface area contributed by atoms with Crippen LogP contribution in [-0.4, -0.2) is 26.7 Å². The Balaban J connectivity index is 2.03. The number of rotatable bonds is 5. The van der Waals surface area contributed by atoms with E-state index in [1.165, 1.54) is 0 Å². The highest BCUT2D eigenvalue weighted by molar-refractivity contribution is 5.76. The van der Waals surface area contributed by atoms with Crippen LogP contribution in [0.4, 0.5) is 0 Å². The van der Waals surface area contributed by atoms with Gasteiger partial charge in [0.1, 0.15) is 6.33 Å². The lowest BCUT2D eigenvalue weighted by molar-refractivity contribution is -0.121. The average Bonchev–Trinajstić information content (AvgIpc) is 2.85. The second kappa shape index (κ2) is 6.10. The van der Waals surface area contributed by atoms with Crippen LogP contribution >= 0.6 is 0 Å². The molecule has 1 unspecified atom stereocenters. The largest absolute Gasteiger partial charge is 0.349 e. The Morgan fingerprint density at radius 1 is 1.42 bits per heavy atom. The van der Waals surface area contributed by atoms with Crippen molar-refractivity contribution in [2.45, 2.75) is 25.9 Å². The summed E-state index contributed by atoms with van der Waals surface area (Å²) in [4.78, 5) is 11.5. The number of aromatic nitrogens is 3. The van der Waals surface area contributed by atoms with Gasteiger partial charge in [-0.2, -0.15) is 0 Å². The van der Waals surface area contributed by atoms with Gasteiger partial charge in [0.05, 0.1) is 6.54 Å². The summed E-state index contributed by atoms with van der Waals surface area (Å²) >= 11 is 0. The molecule has 1 aromatic heterocycles. The van der Waals surface area contributed by atoms with Gasteiger partial charge in [0, 0.05) is 18.2 Å². The van der Waals surface area contributed by atoms with Crippen molar-refractivity contribution >= 4 is 5.91 Å². The summed E-state index contributed by atoms with van der Waals surface area (Å²) < 4.78 is 1.84. The Labute approximate surface area is 111 Å². The van der Waals surface area contributed by atoms with E-state index in [-0.39, 0.29) is 11.9 Å². The quantitative estimate of drug-likeness (QED) is 0.824. The highest BCUT2D eigenvalue weighted by atomic mass is 16.1. The predicted octanol–water partition coefficient (Wildman–Crippen LogP) is 0.621. The molecule has 100 valence electrons. The predicted molar refractivity (Wildman–Crippen MR) is 71.5 cm³/mol. The van der Waals surface area contributed by atoms with Crippen LogP contribution in [0.15, 0.2) is 36.7 Å². The molecule has 0 bridgehead atoms. The molecular formula is C13H17N5O. The van der Waals surface area contributed by atoms with Gasteiger partial charge in [-0.1, -0.05) is 18.2 Å². The van der Waals surface area contributed by atoms with Gasteiger partial charge in [-0.25, -0.2) is 0 Å². The molecule has 0 aliphatic heterocycles. The Kier molecular flexibility index (Phi) is 4.25. The maximum Gasteiger partial charge on any atom is 0.221 e. The topological polar surface area (TPSA) is 85.8 Å². The third kappa shape index (κ3) is 3.62. The van der Waals surface area contributed by atoms with Gasteiger partial charge in [-0.3, -0.25) is 9.36 Å². The number of para-hydroxylation sites is 1. The van der Waals surface area contributed by atoms with Crippen LogP contribution in [-0.2, 0) is 11.3 Å². The number of benzene rings is 1. The highest BCUT2D eigenvalue weighted by Crippen LogP contribution is 2.08. The molecule has 0 spiro atoms. The van der Waals surface area contributed by atoms with Gasteiger partial charge in [-0.05, 0) is 19.1 Å².